The standard InChI is InChI=1S/C19H28N2O2/c1-14-17-13-20(10-15-8-6-5-7-9-15)11-16(17)12-21(14)18(22)23-19(2,3)4/h5-9,14,16-17H,10-13H2,1-4H3/t14-,16+,17-/m1/s1. The van der Waals surface area contributed by atoms with Crippen molar-refractivity contribution in [1.29, 1.82) is 0 Å². The van der Waals surface area contributed by atoms with Crippen LogP contribution in [0, 0.1) is 11.8 Å². The Hall–Kier alpha value is -1.55. The van der Waals surface area contributed by atoms with Crippen molar-refractivity contribution in [3.63, 3.8) is 0 Å². The van der Waals surface area contributed by atoms with Gasteiger partial charge < -0.3 is 9.64 Å². The topological polar surface area (TPSA) is 32.8 Å². The van der Waals surface area contributed by atoms with E-state index in [0.717, 1.165) is 26.2 Å². The quantitative estimate of drug-likeness (QED) is 0.838. The highest BCUT2D eigenvalue weighted by molar-refractivity contribution is 5.69. The van der Waals surface area contributed by atoms with Gasteiger partial charge in [0.25, 0.3) is 0 Å². The molecule has 2 aliphatic heterocycles. The van der Waals surface area contributed by atoms with E-state index in [1.54, 1.807) is 0 Å². The lowest BCUT2D eigenvalue weighted by atomic mass is 9.95. The van der Waals surface area contributed by atoms with Crippen LogP contribution in [0.3, 0.4) is 0 Å². The summed E-state index contributed by atoms with van der Waals surface area (Å²) >= 11 is 0. The van der Waals surface area contributed by atoms with Crippen LogP contribution in [-0.2, 0) is 11.3 Å². The van der Waals surface area contributed by atoms with Gasteiger partial charge in [-0.25, -0.2) is 4.79 Å². The molecule has 2 heterocycles. The van der Waals surface area contributed by atoms with Crippen LogP contribution in [0.1, 0.15) is 33.3 Å². The van der Waals surface area contributed by atoms with Gasteiger partial charge in [-0.1, -0.05) is 30.3 Å². The first-order valence-corrected chi connectivity index (χ1v) is 8.59. The van der Waals surface area contributed by atoms with Gasteiger partial charge >= 0.3 is 6.09 Å². The molecular weight excluding hydrogens is 288 g/mol. The summed E-state index contributed by atoms with van der Waals surface area (Å²) in [6.07, 6.45) is -0.158. The fourth-order valence-electron chi connectivity index (χ4n) is 3.91. The van der Waals surface area contributed by atoms with E-state index in [0.29, 0.717) is 11.8 Å². The third-order valence-electron chi connectivity index (χ3n) is 4.99. The monoisotopic (exact) mass is 316 g/mol. The molecule has 0 aromatic heterocycles. The lowest BCUT2D eigenvalue weighted by Crippen LogP contribution is -2.41. The first-order valence-electron chi connectivity index (χ1n) is 8.59. The molecule has 0 saturated carbocycles. The Labute approximate surface area is 139 Å². The zero-order chi connectivity index (χ0) is 16.6. The molecule has 1 aromatic carbocycles. The van der Waals surface area contributed by atoms with Crippen LogP contribution < -0.4 is 0 Å². The van der Waals surface area contributed by atoms with Crippen molar-refractivity contribution in [2.24, 2.45) is 11.8 Å². The number of amides is 1. The summed E-state index contributed by atoms with van der Waals surface area (Å²) in [7, 11) is 0. The number of benzene rings is 1. The number of carbonyl (C=O) groups is 1. The van der Waals surface area contributed by atoms with Crippen molar-refractivity contribution in [2.75, 3.05) is 19.6 Å². The molecule has 3 atom stereocenters. The summed E-state index contributed by atoms with van der Waals surface area (Å²) in [4.78, 5) is 16.8. The van der Waals surface area contributed by atoms with Gasteiger partial charge in [-0.3, -0.25) is 4.90 Å². The summed E-state index contributed by atoms with van der Waals surface area (Å²) in [6, 6.07) is 10.9. The van der Waals surface area contributed by atoms with Gasteiger partial charge in [0.1, 0.15) is 5.60 Å². The summed E-state index contributed by atoms with van der Waals surface area (Å²) in [5.74, 6) is 1.13. The van der Waals surface area contributed by atoms with E-state index < -0.39 is 5.60 Å². The second-order valence-corrected chi connectivity index (χ2v) is 7.98. The number of carbonyl (C=O) groups excluding carboxylic acids is 1. The van der Waals surface area contributed by atoms with E-state index in [-0.39, 0.29) is 12.1 Å². The zero-order valence-electron chi connectivity index (χ0n) is 14.7. The molecule has 23 heavy (non-hydrogen) atoms. The van der Waals surface area contributed by atoms with E-state index in [9.17, 15) is 4.79 Å². The maximum atomic E-state index is 12.4. The van der Waals surface area contributed by atoms with Crippen LogP contribution in [0.5, 0.6) is 0 Å². The maximum absolute atomic E-state index is 12.4. The minimum atomic E-state index is -0.423. The van der Waals surface area contributed by atoms with Gasteiger partial charge in [-0.05, 0) is 45.1 Å². The van der Waals surface area contributed by atoms with Crippen LogP contribution in [0.4, 0.5) is 4.79 Å². The highest BCUT2D eigenvalue weighted by atomic mass is 16.6. The third-order valence-corrected chi connectivity index (χ3v) is 4.99. The molecule has 2 aliphatic rings. The zero-order valence-corrected chi connectivity index (χ0v) is 14.7. The summed E-state index contributed by atoms with van der Waals surface area (Å²) in [5.41, 5.74) is 0.942. The van der Waals surface area contributed by atoms with E-state index in [1.807, 2.05) is 25.7 Å². The fraction of sp³-hybridized carbons (Fsp3) is 0.632. The molecular formula is C19H28N2O2. The van der Waals surface area contributed by atoms with Gasteiger partial charge in [0.2, 0.25) is 0 Å². The Morgan fingerprint density at radius 2 is 1.87 bits per heavy atom. The van der Waals surface area contributed by atoms with Crippen LogP contribution >= 0.6 is 0 Å². The molecule has 1 amide bonds. The lowest BCUT2D eigenvalue weighted by Gasteiger charge is -2.29. The number of fused-ring (bicyclic) bond motifs is 1. The smallest absolute Gasteiger partial charge is 0.410 e. The molecule has 4 heteroatoms. The highest BCUT2D eigenvalue weighted by Crippen LogP contribution is 2.37. The van der Waals surface area contributed by atoms with Crippen LogP contribution in [0.15, 0.2) is 30.3 Å². The Kier molecular flexibility index (Phi) is 4.37. The Bertz CT molecular complexity index is 552. The van der Waals surface area contributed by atoms with Gasteiger partial charge in [0.05, 0.1) is 0 Å². The average molecular weight is 316 g/mol. The van der Waals surface area contributed by atoms with Crippen molar-refractivity contribution < 1.29 is 9.53 Å². The number of hydrogen-bond donors (Lipinski definition) is 0. The summed E-state index contributed by atoms with van der Waals surface area (Å²) in [6.45, 7) is 11.9. The summed E-state index contributed by atoms with van der Waals surface area (Å²) < 4.78 is 5.55. The molecule has 0 N–H and O–H groups in total. The number of likely N-dealkylation sites (tertiary alicyclic amines) is 2. The Balaban J connectivity index is 1.58. The average Bonchev–Trinajstić information content (AvgIpc) is 2.98. The van der Waals surface area contributed by atoms with Crippen LogP contribution in [0.2, 0.25) is 0 Å². The lowest BCUT2D eigenvalue weighted by molar-refractivity contribution is 0.0207. The van der Waals surface area contributed by atoms with Gasteiger partial charge in [0, 0.05) is 32.2 Å². The number of hydrogen-bond acceptors (Lipinski definition) is 3. The third kappa shape index (κ3) is 3.69. The molecule has 4 nitrogen and oxygen atoms in total. The van der Waals surface area contributed by atoms with E-state index >= 15 is 0 Å². The predicted molar refractivity (Wildman–Crippen MR) is 91.1 cm³/mol. The largest absolute Gasteiger partial charge is 0.444 e. The molecule has 126 valence electrons. The first kappa shape index (κ1) is 16.3. The molecule has 1 aromatic rings. The van der Waals surface area contributed by atoms with Gasteiger partial charge in [0.15, 0.2) is 0 Å². The molecule has 2 saturated heterocycles. The number of ether oxygens (including phenoxy) is 1. The normalized spacial score (nSPS) is 28.0. The molecule has 0 bridgehead atoms. The van der Waals surface area contributed by atoms with Crippen molar-refractivity contribution >= 4 is 6.09 Å². The van der Waals surface area contributed by atoms with Crippen molar-refractivity contribution in [1.82, 2.24) is 9.80 Å². The Morgan fingerprint density at radius 1 is 1.17 bits per heavy atom. The second-order valence-electron chi connectivity index (χ2n) is 7.98. The van der Waals surface area contributed by atoms with Crippen molar-refractivity contribution in [3.8, 4) is 0 Å². The predicted octanol–water partition coefficient (Wildman–Crippen LogP) is 3.37. The molecule has 0 radical (unpaired) electrons. The first-order chi connectivity index (χ1) is 10.8. The second kappa shape index (κ2) is 6.16. The number of rotatable bonds is 2. The Morgan fingerprint density at radius 3 is 2.48 bits per heavy atom. The summed E-state index contributed by atoms with van der Waals surface area (Å²) in [5, 5.41) is 0. The number of nitrogens with zero attached hydrogens (tertiary/aromatic N) is 2. The SMILES string of the molecule is C[C@@H]1[C@H]2CN(Cc3ccccc3)C[C@H]2CN1C(=O)OC(C)(C)C. The molecule has 0 spiro atoms. The molecule has 3 rings (SSSR count). The van der Waals surface area contributed by atoms with E-state index in [1.165, 1.54) is 5.56 Å². The molecule has 0 unspecified atom stereocenters. The molecule has 2 fully saturated rings. The van der Waals surface area contributed by atoms with Crippen molar-refractivity contribution in [3.05, 3.63) is 35.9 Å². The fourth-order valence-corrected chi connectivity index (χ4v) is 3.91. The van der Waals surface area contributed by atoms with Crippen molar-refractivity contribution in [2.45, 2.75) is 45.9 Å². The van der Waals surface area contributed by atoms with Gasteiger partial charge in [-0.15, -0.1) is 0 Å². The maximum Gasteiger partial charge on any atom is 0.410 e. The van der Waals surface area contributed by atoms with Gasteiger partial charge in [-0.2, -0.15) is 0 Å². The van der Waals surface area contributed by atoms with E-state index in [4.69, 9.17) is 4.74 Å². The van der Waals surface area contributed by atoms with Crippen LogP contribution in [0.25, 0.3) is 0 Å². The minimum Gasteiger partial charge on any atom is -0.444 e. The van der Waals surface area contributed by atoms with Crippen LogP contribution in [-0.4, -0.2) is 47.2 Å². The minimum absolute atomic E-state index is 0.158. The molecule has 0 aliphatic carbocycles. The van der Waals surface area contributed by atoms with E-state index in [2.05, 4.69) is 42.2 Å². The highest BCUT2D eigenvalue weighted by Gasteiger charge is 2.47.